The van der Waals surface area contributed by atoms with Crippen molar-refractivity contribution in [1.82, 2.24) is 29.5 Å². The highest BCUT2D eigenvalue weighted by atomic mass is 19.4. The van der Waals surface area contributed by atoms with Gasteiger partial charge in [0.15, 0.2) is 5.65 Å². The summed E-state index contributed by atoms with van der Waals surface area (Å²) in [5, 5.41) is 5.93. The van der Waals surface area contributed by atoms with Gasteiger partial charge in [-0.3, -0.25) is 14.3 Å². The Balaban J connectivity index is 1.28. The summed E-state index contributed by atoms with van der Waals surface area (Å²) in [5.74, 6) is -0.276. The van der Waals surface area contributed by atoms with Gasteiger partial charge in [0, 0.05) is 35.9 Å². The van der Waals surface area contributed by atoms with Crippen LogP contribution in [-0.2, 0) is 10.9 Å². The quantitative estimate of drug-likeness (QED) is 0.242. The molecular weight excluding hydrogens is 549 g/mol. The highest BCUT2D eigenvalue weighted by Gasteiger charge is 2.31. The maximum Gasteiger partial charge on any atom is 0.416 e. The summed E-state index contributed by atoms with van der Waals surface area (Å²) in [6.07, 6.45) is 4.04. The van der Waals surface area contributed by atoms with E-state index in [-0.39, 0.29) is 11.9 Å². The van der Waals surface area contributed by atoms with Crippen LogP contribution in [0.2, 0.25) is 0 Å². The van der Waals surface area contributed by atoms with Crippen LogP contribution in [0.15, 0.2) is 67.5 Å². The van der Waals surface area contributed by atoms with Gasteiger partial charge < -0.3 is 15.4 Å². The van der Waals surface area contributed by atoms with E-state index in [1.165, 1.54) is 6.33 Å². The van der Waals surface area contributed by atoms with Crippen molar-refractivity contribution >= 4 is 34.3 Å². The van der Waals surface area contributed by atoms with Crippen molar-refractivity contribution in [1.29, 1.82) is 0 Å². The van der Waals surface area contributed by atoms with E-state index in [1.54, 1.807) is 36.8 Å². The lowest BCUT2D eigenvalue weighted by Crippen LogP contribution is -2.17. The smallest absolute Gasteiger partial charge is 0.358 e. The summed E-state index contributed by atoms with van der Waals surface area (Å²) in [5.41, 5.74) is 3.05. The molecule has 0 radical (unpaired) electrons. The van der Waals surface area contributed by atoms with Crippen LogP contribution >= 0.6 is 0 Å². The summed E-state index contributed by atoms with van der Waals surface area (Å²) < 4.78 is 47.2. The molecule has 10 nitrogen and oxygen atoms in total. The summed E-state index contributed by atoms with van der Waals surface area (Å²) in [6.45, 7) is 2.56. The number of alkyl halides is 3. The molecule has 42 heavy (non-hydrogen) atoms. The van der Waals surface area contributed by atoms with Crippen LogP contribution in [-0.4, -0.2) is 42.0 Å². The molecule has 0 saturated carbocycles. The van der Waals surface area contributed by atoms with Crippen LogP contribution in [0.1, 0.15) is 47.1 Å². The fourth-order valence-electron chi connectivity index (χ4n) is 4.79. The number of aryl methyl sites for hydroxylation is 1. The Kier molecular flexibility index (Phi) is 7.25. The second-order valence-corrected chi connectivity index (χ2v) is 9.80. The van der Waals surface area contributed by atoms with Crippen molar-refractivity contribution < 1.29 is 22.7 Å². The Morgan fingerprint density at radius 1 is 1.02 bits per heavy atom. The minimum Gasteiger partial charge on any atom is -0.358 e. The third-order valence-corrected chi connectivity index (χ3v) is 6.96. The predicted octanol–water partition coefficient (Wildman–Crippen LogP) is 6.31. The fourth-order valence-corrected chi connectivity index (χ4v) is 4.79. The van der Waals surface area contributed by atoms with Gasteiger partial charge in [0.25, 0.3) is 5.91 Å². The molecule has 1 amide bonds. The van der Waals surface area contributed by atoms with Crippen molar-refractivity contribution in [2.45, 2.75) is 38.6 Å². The molecule has 1 fully saturated rings. The summed E-state index contributed by atoms with van der Waals surface area (Å²) in [6, 6.07) is 10.3. The van der Waals surface area contributed by atoms with E-state index in [9.17, 15) is 18.0 Å². The number of hydrogen-bond donors (Lipinski definition) is 2. The van der Waals surface area contributed by atoms with Crippen molar-refractivity contribution in [3.63, 3.8) is 0 Å². The molecule has 1 aromatic carbocycles. The predicted molar refractivity (Wildman–Crippen MR) is 149 cm³/mol. The second kappa shape index (κ2) is 11.2. The van der Waals surface area contributed by atoms with Crippen molar-refractivity contribution in [3.8, 4) is 11.3 Å². The van der Waals surface area contributed by atoms with Crippen LogP contribution in [0.25, 0.3) is 22.4 Å². The van der Waals surface area contributed by atoms with E-state index in [0.29, 0.717) is 52.3 Å². The number of nitrogens with one attached hydrogen (secondary N) is 2. The number of rotatable bonds is 6. The van der Waals surface area contributed by atoms with Crippen LogP contribution in [0.4, 0.5) is 30.4 Å². The summed E-state index contributed by atoms with van der Waals surface area (Å²) in [7, 11) is 0. The monoisotopic (exact) mass is 574 g/mol. The Bertz CT molecular complexity index is 1770. The van der Waals surface area contributed by atoms with Gasteiger partial charge in [0.2, 0.25) is 0 Å². The molecule has 1 unspecified atom stereocenters. The minimum absolute atomic E-state index is 0.135. The molecular formula is C29H25F3N8O2. The second-order valence-electron chi connectivity index (χ2n) is 9.80. The molecule has 13 heteroatoms. The molecule has 1 saturated heterocycles. The Morgan fingerprint density at radius 3 is 2.71 bits per heavy atom. The van der Waals surface area contributed by atoms with Crippen LogP contribution < -0.4 is 10.6 Å². The number of carbonyl (C=O) groups is 1. The highest BCUT2D eigenvalue weighted by molar-refractivity contribution is 6.03. The molecule has 1 aliphatic rings. The zero-order valence-corrected chi connectivity index (χ0v) is 22.4. The average molecular weight is 575 g/mol. The average Bonchev–Trinajstić information content (AvgIpc) is 3.44. The largest absolute Gasteiger partial charge is 0.416 e. The highest BCUT2D eigenvalue weighted by Crippen LogP contribution is 2.34. The number of nitrogens with zero attached hydrogens (tertiary/aromatic N) is 6. The van der Waals surface area contributed by atoms with Gasteiger partial charge in [-0.2, -0.15) is 13.2 Å². The van der Waals surface area contributed by atoms with Crippen molar-refractivity contribution in [2.75, 3.05) is 17.2 Å². The molecule has 214 valence electrons. The van der Waals surface area contributed by atoms with E-state index < -0.39 is 17.6 Å². The van der Waals surface area contributed by atoms with Gasteiger partial charge in [0.05, 0.1) is 11.9 Å². The van der Waals surface area contributed by atoms with Gasteiger partial charge in [-0.1, -0.05) is 6.07 Å². The Labute approximate surface area is 238 Å². The molecule has 2 N–H and O–H groups in total. The maximum atomic E-state index is 13.1. The normalized spacial score (nSPS) is 15.5. The van der Waals surface area contributed by atoms with Crippen molar-refractivity contribution in [2.24, 2.45) is 0 Å². The fraction of sp³-hybridized carbons (Fsp3) is 0.241. The number of hydrogen-bond acceptors (Lipinski definition) is 8. The van der Waals surface area contributed by atoms with E-state index in [4.69, 9.17) is 4.74 Å². The summed E-state index contributed by atoms with van der Waals surface area (Å²) in [4.78, 5) is 34.7. The maximum absolute atomic E-state index is 13.1. The first-order valence-electron chi connectivity index (χ1n) is 13.2. The van der Waals surface area contributed by atoms with Gasteiger partial charge in [-0.25, -0.2) is 19.9 Å². The first-order valence-corrected chi connectivity index (χ1v) is 13.2. The summed E-state index contributed by atoms with van der Waals surface area (Å²) >= 11 is 0. The number of carbonyl (C=O) groups excluding carboxylic acids is 1. The van der Waals surface area contributed by atoms with Crippen LogP contribution in [0.5, 0.6) is 0 Å². The third kappa shape index (κ3) is 5.50. The number of fused-ring (bicyclic) bond motifs is 1. The van der Waals surface area contributed by atoms with Crippen molar-refractivity contribution in [3.05, 3.63) is 84.3 Å². The molecule has 1 atom stereocenters. The van der Waals surface area contributed by atoms with E-state index in [1.807, 2.05) is 17.6 Å². The zero-order valence-electron chi connectivity index (χ0n) is 22.4. The number of ether oxygens (including phenoxy) is 1. The third-order valence-electron chi connectivity index (χ3n) is 6.96. The lowest BCUT2D eigenvalue weighted by Gasteiger charge is -2.23. The molecule has 5 aromatic rings. The number of pyridine rings is 2. The number of aromatic nitrogens is 6. The van der Waals surface area contributed by atoms with Gasteiger partial charge in [-0.05, 0) is 68.1 Å². The van der Waals surface area contributed by atoms with E-state index in [2.05, 4.69) is 35.6 Å². The molecule has 4 aromatic heterocycles. The van der Waals surface area contributed by atoms with E-state index >= 15 is 0 Å². The number of amides is 1. The molecule has 1 aliphatic heterocycles. The van der Waals surface area contributed by atoms with Gasteiger partial charge >= 0.3 is 6.18 Å². The molecule has 5 heterocycles. The number of benzene rings is 1. The number of halogens is 3. The van der Waals surface area contributed by atoms with Crippen LogP contribution in [0, 0.1) is 6.92 Å². The Morgan fingerprint density at radius 2 is 1.90 bits per heavy atom. The molecule has 0 spiro atoms. The van der Waals surface area contributed by atoms with Crippen LogP contribution in [0.3, 0.4) is 0 Å². The molecule has 6 rings (SSSR count). The Hall–Kier alpha value is -4.91. The first kappa shape index (κ1) is 27.3. The number of anilines is 3. The standard InChI is InChI=1S/C29H25F3N8O2/c1-17-7-8-19(38-28(41)22-13-18(9-11-33-22)29(30,31)32)14-21(17)39-26-20(5-4-10-34-26)24-25-27(36-15-35-24)40(16-37-25)23-6-2-3-12-42-23/h4-5,7-11,13-16,23H,2-3,6,12H2,1H3,(H,34,39)(H,38,41). The van der Waals surface area contributed by atoms with E-state index in [0.717, 1.165) is 37.1 Å². The first-order chi connectivity index (χ1) is 20.3. The lowest BCUT2D eigenvalue weighted by atomic mass is 10.1. The van der Waals surface area contributed by atoms with Gasteiger partial charge in [0.1, 0.15) is 35.3 Å². The zero-order chi connectivity index (χ0) is 29.3. The topological polar surface area (TPSA) is 120 Å². The minimum atomic E-state index is -4.59. The SMILES string of the molecule is Cc1ccc(NC(=O)c2cc(C(F)(F)F)ccn2)cc1Nc1ncccc1-c1ncnc2c1ncn2C1CCCCO1. The lowest BCUT2D eigenvalue weighted by molar-refractivity contribution is -0.137. The molecule has 0 aliphatic carbocycles. The molecule has 0 bridgehead atoms. The number of imidazole rings is 1. The van der Waals surface area contributed by atoms with Gasteiger partial charge in [-0.15, -0.1) is 0 Å².